The van der Waals surface area contributed by atoms with E-state index in [0.717, 1.165) is 128 Å². The molecule has 0 aromatic heterocycles. The Kier molecular flexibility index (Phi) is 53.1. The number of unbranched alkanes of at least 4 members (excludes halogenated alkanes) is 13. The Bertz CT molecular complexity index is 1520. The van der Waals surface area contributed by atoms with Crippen LogP contribution in [0, 0.1) is 0 Å². The van der Waals surface area contributed by atoms with Gasteiger partial charge in [0.25, 0.3) is 0 Å². The fourth-order valence-corrected chi connectivity index (χ4v) is 6.83. The number of allylic oxidation sites excluding steroid dienone is 26. The van der Waals surface area contributed by atoms with Crippen LogP contribution in [0.1, 0.15) is 206 Å². The number of carbonyl (C=O) groups excluding carboxylic acids is 2. The molecule has 1 atom stereocenters. The van der Waals surface area contributed by atoms with E-state index in [1.54, 1.807) is 0 Å². The third-order valence-electron chi connectivity index (χ3n) is 10.8. The predicted molar refractivity (Wildman–Crippen MR) is 297 cm³/mol. The molecule has 0 saturated heterocycles. The van der Waals surface area contributed by atoms with Crippen LogP contribution in [0.15, 0.2) is 158 Å². The minimum Gasteiger partial charge on any atom is -0.462 e. The zero-order valence-electron chi connectivity index (χ0n) is 43.3. The summed E-state index contributed by atoms with van der Waals surface area (Å²) in [4.78, 5) is 24.5. The van der Waals surface area contributed by atoms with E-state index in [1.807, 2.05) is 0 Å². The maximum absolute atomic E-state index is 12.3. The Morgan fingerprint density at radius 3 is 0.897 bits per heavy atom. The van der Waals surface area contributed by atoms with Gasteiger partial charge in [0.05, 0.1) is 6.61 Å². The number of carbonyl (C=O) groups is 2. The van der Waals surface area contributed by atoms with E-state index < -0.39 is 6.10 Å². The summed E-state index contributed by atoms with van der Waals surface area (Å²) in [7, 11) is 0. The lowest BCUT2D eigenvalue weighted by Crippen LogP contribution is -2.28. The van der Waals surface area contributed by atoms with E-state index in [0.29, 0.717) is 12.8 Å². The van der Waals surface area contributed by atoms with Crippen molar-refractivity contribution in [2.24, 2.45) is 0 Å². The highest BCUT2D eigenvalue weighted by molar-refractivity contribution is 5.70. The lowest BCUT2D eigenvalue weighted by Gasteiger charge is -2.15. The first-order valence-electron chi connectivity index (χ1n) is 27.0. The van der Waals surface area contributed by atoms with Gasteiger partial charge >= 0.3 is 11.9 Å². The molecule has 380 valence electrons. The van der Waals surface area contributed by atoms with Gasteiger partial charge in [-0.05, 0) is 122 Å². The van der Waals surface area contributed by atoms with Gasteiger partial charge in [-0.15, -0.1) is 0 Å². The predicted octanol–water partition coefficient (Wildman–Crippen LogP) is 18.4. The molecule has 0 aliphatic carbocycles. The quantitative estimate of drug-likeness (QED) is 0.0374. The van der Waals surface area contributed by atoms with Crippen molar-refractivity contribution in [2.45, 2.75) is 213 Å². The Morgan fingerprint density at radius 1 is 0.338 bits per heavy atom. The van der Waals surface area contributed by atoms with Crippen molar-refractivity contribution in [3.8, 4) is 0 Å². The Labute approximate surface area is 418 Å². The van der Waals surface area contributed by atoms with Gasteiger partial charge in [-0.2, -0.15) is 0 Å². The van der Waals surface area contributed by atoms with Crippen LogP contribution in [0.2, 0.25) is 0 Å². The summed E-state index contributed by atoms with van der Waals surface area (Å²) in [6.45, 7) is 3.87. The summed E-state index contributed by atoms with van der Waals surface area (Å²) in [5.41, 5.74) is 0. The molecule has 1 unspecified atom stereocenters. The molecule has 0 radical (unpaired) electrons. The molecular weight excluding hydrogens is 837 g/mol. The van der Waals surface area contributed by atoms with Gasteiger partial charge in [0.15, 0.2) is 6.10 Å². The van der Waals surface area contributed by atoms with Crippen molar-refractivity contribution in [3.63, 3.8) is 0 Å². The average molecular weight is 935 g/mol. The maximum Gasteiger partial charge on any atom is 0.306 e. The molecule has 0 bridgehead atoms. The van der Waals surface area contributed by atoms with Crippen molar-refractivity contribution in [1.29, 1.82) is 0 Å². The molecule has 0 aromatic carbocycles. The summed E-state index contributed by atoms with van der Waals surface area (Å²) in [5.74, 6) is -0.646. The van der Waals surface area contributed by atoms with Crippen molar-refractivity contribution in [2.75, 3.05) is 13.2 Å². The van der Waals surface area contributed by atoms with E-state index in [2.05, 4.69) is 172 Å². The van der Waals surface area contributed by atoms with Crippen molar-refractivity contribution >= 4 is 11.9 Å². The molecule has 68 heavy (non-hydrogen) atoms. The Morgan fingerprint density at radius 2 is 0.588 bits per heavy atom. The summed E-state index contributed by atoms with van der Waals surface area (Å²) in [5, 5.41) is 9.64. The lowest BCUT2D eigenvalue weighted by molar-refractivity contribution is -0.161. The van der Waals surface area contributed by atoms with Gasteiger partial charge < -0.3 is 14.6 Å². The second-order valence-corrected chi connectivity index (χ2v) is 17.2. The Hall–Kier alpha value is -4.48. The van der Waals surface area contributed by atoms with Crippen molar-refractivity contribution in [3.05, 3.63) is 158 Å². The van der Waals surface area contributed by atoms with Crippen LogP contribution < -0.4 is 0 Å². The highest BCUT2D eigenvalue weighted by atomic mass is 16.6. The van der Waals surface area contributed by atoms with Crippen molar-refractivity contribution < 1.29 is 24.2 Å². The van der Waals surface area contributed by atoms with Gasteiger partial charge in [0.1, 0.15) is 6.61 Å². The molecule has 1 N–H and O–H groups in total. The van der Waals surface area contributed by atoms with Gasteiger partial charge in [-0.3, -0.25) is 9.59 Å². The summed E-state index contributed by atoms with van der Waals surface area (Å²) in [6.07, 6.45) is 87.6. The van der Waals surface area contributed by atoms with Gasteiger partial charge in [-0.1, -0.05) is 230 Å². The van der Waals surface area contributed by atoms with Gasteiger partial charge in [-0.25, -0.2) is 0 Å². The lowest BCUT2D eigenvalue weighted by atomic mass is 10.1. The molecule has 0 saturated carbocycles. The molecule has 0 heterocycles. The molecule has 0 aromatic rings. The minimum absolute atomic E-state index is 0.0929. The van der Waals surface area contributed by atoms with Crippen LogP contribution in [0.25, 0.3) is 0 Å². The highest BCUT2D eigenvalue weighted by Crippen LogP contribution is 2.13. The monoisotopic (exact) mass is 935 g/mol. The smallest absolute Gasteiger partial charge is 0.306 e. The van der Waals surface area contributed by atoms with E-state index in [1.165, 1.54) is 51.4 Å². The molecular formula is C63H98O5. The number of esters is 2. The molecule has 0 spiro atoms. The Balaban J connectivity index is 3.67. The van der Waals surface area contributed by atoms with E-state index in [9.17, 15) is 14.7 Å². The number of aliphatic hydroxyl groups is 1. The number of ether oxygens (including phenoxy) is 2. The van der Waals surface area contributed by atoms with Crippen LogP contribution in [-0.4, -0.2) is 36.4 Å². The highest BCUT2D eigenvalue weighted by Gasteiger charge is 2.16. The van der Waals surface area contributed by atoms with Gasteiger partial charge in [0, 0.05) is 12.8 Å². The molecule has 5 nitrogen and oxygen atoms in total. The third kappa shape index (κ3) is 54.1. The number of hydrogen-bond donors (Lipinski definition) is 1. The first kappa shape index (κ1) is 63.5. The first-order valence-corrected chi connectivity index (χ1v) is 27.0. The molecule has 0 amide bonds. The molecule has 0 rings (SSSR count). The third-order valence-corrected chi connectivity index (χ3v) is 10.8. The van der Waals surface area contributed by atoms with E-state index >= 15 is 0 Å². The standard InChI is InChI=1S/C63H98O5/c1-3-5-7-9-11-13-15-17-19-21-23-25-27-28-29-30-31-32-33-34-36-38-40-42-44-46-48-50-52-54-56-58-63(66)68-61(59-64)60-67-62(65)57-55-53-51-49-47-45-43-41-39-37-35-26-24-22-20-18-16-14-12-10-8-6-4-2/h5-8,11-14,17-20,23-26,28-29,31-32,34,36,40,42,46,48,61,64H,3-4,9-10,15-16,21-22,27,30,33,35,37-39,41,43-45,47,49-60H2,1-2H3/b7-5-,8-6-,13-11-,14-12-,19-17-,20-18-,25-23-,26-24-,29-28-,32-31-,36-34-,42-40-,48-46-. The van der Waals surface area contributed by atoms with Crippen LogP contribution in [0.5, 0.6) is 0 Å². The second-order valence-electron chi connectivity index (χ2n) is 17.2. The fraction of sp³-hybridized carbons (Fsp3) is 0.556. The van der Waals surface area contributed by atoms with E-state index in [-0.39, 0.29) is 25.2 Å². The summed E-state index contributed by atoms with van der Waals surface area (Å²) >= 11 is 0. The summed E-state index contributed by atoms with van der Waals surface area (Å²) < 4.78 is 10.7. The zero-order chi connectivity index (χ0) is 49.2. The number of hydrogen-bond acceptors (Lipinski definition) is 5. The number of aliphatic hydroxyl groups excluding tert-OH is 1. The second kappa shape index (κ2) is 56.8. The zero-order valence-corrected chi connectivity index (χ0v) is 43.3. The SMILES string of the molecule is CC/C=C\C/C=C\C/C=C\C/C=C\C/C=C\C/C=C\C/C=C\C/C=C\C/C=C\CCCCCC(=O)OC(CO)COC(=O)CCCCCCCCCCCC/C=C\C/C=C\C/C=C\C/C=C\CC. The van der Waals surface area contributed by atoms with Crippen LogP contribution in [0.3, 0.4) is 0 Å². The fourth-order valence-electron chi connectivity index (χ4n) is 6.83. The number of rotatable bonds is 47. The van der Waals surface area contributed by atoms with Crippen LogP contribution >= 0.6 is 0 Å². The normalized spacial score (nSPS) is 13.5. The van der Waals surface area contributed by atoms with Crippen molar-refractivity contribution in [1.82, 2.24) is 0 Å². The first-order chi connectivity index (χ1) is 33.6. The van der Waals surface area contributed by atoms with E-state index in [4.69, 9.17) is 9.47 Å². The molecule has 0 fully saturated rings. The average Bonchev–Trinajstić information content (AvgIpc) is 3.34. The topological polar surface area (TPSA) is 72.8 Å². The van der Waals surface area contributed by atoms with Gasteiger partial charge in [0.2, 0.25) is 0 Å². The molecule has 0 aliphatic heterocycles. The van der Waals surface area contributed by atoms with Crippen LogP contribution in [0.4, 0.5) is 0 Å². The summed E-state index contributed by atoms with van der Waals surface area (Å²) in [6, 6.07) is 0. The molecule has 0 aliphatic rings. The van der Waals surface area contributed by atoms with Crippen LogP contribution in [-0.2, 0) is 19.1 Å². The largest absolute Gasteiger partial charge is 0.462 e. The minimum atomic E-state index is -0.805. The molecule has 5 heteroatoms. The maximum atomic E-state index is 12.3.